The molecule has 0 saturated heterocycles. The molecule has 0 aliphatic heterocycles. The normalized spacial score (nSPS) is 12.2. The van der Waals surface area contributed by atoms with Gasteiger partial charge in [0.1, 0.15) is 0 Å². The minimum absolute atomic E-state index is 0.535. The van der Waals surface area contributed by atoms with Crippen LogP contribution in [0.2, 0.25) is 0 Å². The van der Waals surface area contributed by atoms with E-state index < -0.39 is 15.2 Å². The predicted molar refractivity (Wildman–Crippen MR) is 81.5 cm³/mol. The Balaban J connectivity index is 2.54. The SMILES string of the molecule is C=Cc1ccccc1CO[SiH2]C(C)(OCC)OCC. The standard InChI is InChI=1S/C15H24O3Si/c1-5-13-10-8-9-11-14(13)12-18-19-15(4,16-6-2)17-7-3/h5,8-11H,1,6-7,12,19H2,2-4H3. The number of hydrogen-bond donors (Lipinski definition) is 0. The maximum absolute atomic E-state index is 5.87. The van der Waals surface area contributed by atoms with Crippen LogP contribution in [-0.2, 0) is 20.5 Å². The van der Waals surface area contributed by atoms with Crippen molar-refractivity contribution in [2.24, 2.45) is 0 Å². The van der Waals surface area contributed by atoms with E-state index in [1.807, 2.05) is 45.0 Å². The lowest BCUT2D eigenvalue weighted by atomic mass is 10.1. The van der Waals surface area contributed by atoms with E-state index in [1.54, 1.807) is 0 Å². The molecule has 0 aliphatic rings. The molecule has 0 unspecified atom stereocenters. The van der Waals surface area contributed by atoms with Crippen molar-refractivity contribution < 1.29 is 13.9 Å². The second-order valence-electron chi connectivity index (χ2n) is 4.40. The average Bonchev–Trinajstić information content (AvgIpc) is 2.40. The van der Waals surface area contributed by atoms with Gasteiger partial charge in [-0.05, 0) is 31.9 Å². The quantitative estimate of drug-likeness (QED) is 0.514. The highest BCUT2D eigenvalue weighted by atomic mass is 28.2. The Kier molecular flexibility index (Phi) is 7.01. The molecule has 0 saturated carbocycles. The molecule has 106 valence electrons. The van der Waals surface area contributed by atoms with Crippen LogP contribution in [0.3, 0.4) is 0 Å². The van der Waals surface area contributed by atoms with Gasteiger partial charge in [0.25, 0.3) is 0 Å². The van der Waals surface area contributed by atoms with Crippen molar-refractivity contribution >= 4 is 15.8 Å². The van der Waals surface area contributed by atoms with E-state index in [-0.39, 0.29) is 0 Å². The van der Waals surface area contributed by atoms with Crippen LogP contribution in [-0.4, -0.2) is 28.4 Å². The first-order valence-corrected chi connectivity index (χ1v) is 7.99. The third-order valence-corrected chi connectivity index (χ3v) is 4.14. The number of benzene rings is 1. The van der Waals surface area contributed by atoms with Crippen molar-refractivity contribution in [3.63, 3.8) is 0 Å². The Morgan fingerprint density at radius 2 is 1.84 bits per heavy atom. The molecule has 0 heterocycles. The topological polar surface area (TPSA) is 27.7 Å². The summed E-state index contributed by atoms with van der Waals surface area (Å²) in [5.74, 6) is 0. The van der Waals surface area contributed by atoms with Gasteiger partial charge in [0.15, 0.2) is 5.41 Å². The highest BCUT2D eigenvalue weighted by Crippen LogP contribution is 2.14. The lowest BCUT2D eigenvalue weighted by Gasteiger charge is -2.28. The van der Waals surface area contributed by atoms with Gasteiger partial charge in [-0.2, -0.15) is 0 Å². The van der Waals surface area contributed by atoms with E-state index in [1.165, 1.54) is 0 Å². The molecule has 1 aromatic rings. The molecule has 0 radical (unpaired) electrons. The molecule has 0 amide bonds. The first-order valence-electron chi connectivity index (χ1n) is 6.71. The van der Waals surface area contributed by atoms with Gasteiger partial charge in [-0.1, -0.05) is 36.9 Å². The lowest BCUT2D eigenvalue weighted by Crippen LogP contribution is -2.40. The van der Waals surface area contributed by atoms with Crippen molar-refractivity contribution in [1.82, 2.24) is 0 Å². The smallest absolute Gasteiger partial charge is 0.227 e. The van der Waals surface area contributed by atoms with Gasteiger partial charge in [-0.15, -0.1) is 0 Å². The predicted octanol–water partition coefficient (Wildman–Crippen LogP) is 2.68. The molecule has 19 heavy (non-hydrogen) atoms. The van der Waals surface area contributed by atoms with Crippen molar-refractivity contribution in [3.8, 4) is 0 Å². The number of ether oxygens (including phenoxy) is 2. The summed E-state index contributed by atoms with van der Waals surface area (Å²) in [7, 11) is -0.939. The maximum atomic E-state index is 5.87. The molecule has 0 fully saturated rings. The summed E-state index contributed by atoms with van der Waals surface area (Å²) in [6.45, 7) is 11.6. The van der Waals surface area contributed by atoms with Crippen LogP contribution in [0.15, 0.2) is 30.8 Å². The zero-order valence-corrected chi connectivity index (χ0v) is 13.6. The first kappa shape index (κ1) is 16.1. The molecule has 1 aromatic carbocycles. The summed E-state index contributed by atoms with van der Waals surface area (Å²) in [4.78, 5) is 0. The van der Waals surface area contributed by atoms with Crippen molar-refractivity contribution in [1.29, 1.82) is 0 Å². The average molecular weight is 280 g/mol. The third kappa shape index (κ3) is 5.28. The van der Waals surface area contributed by atoms with Crippen LogP contribution in [0.25, 0.3) is 6.08 Å². The van der Waals surface area contributed by atoms with E-state index in [9.17, 15) is 0 Å². The minimum atomic E-state index is -0.939. The van der Waals surface area contributed by atoms with Crippen LogP contribution < -0.4 is 0 Å². The molecule has 3 nitrogen and oxygen atoms in total. The Hall–Kier alpha value is -0.943. The maximum Gasteiger partial charge on any atom is 0.227 e. The monoisotopic (exact) mass is 280 g/mol. The van der Waals surface area contributed by atoms with Gasteiger partial charge >= 0.3 is 0 Å². The van der Waals surface area contributed by atoms with Crippen molar-refractivity contribution in [2.45, 2.75) is 32.8 Å². The molecule has 0 aromatic heterocycles. The Labute approximate surface area is 118 Å². The highest BCUT2D eigenvalue weighted by molar-refractivity contribution is 6.30. The van der Waals surface area contributed by atoms with Crippen molar-refractivity contribution in [3.05, 3.63) is 42.0 Å². The first-order chi connectivity index (χ1) is 9.15. The molecule has 0 spiro atoms. The fraction of sp³-hybridized carbons (Fsp3) is 0.467. The molecule has 1 rings (SSSR count). The van der Waals surface area contributed by atoms with Crippen LogP contribution in [0.1, 0.15) is 31.9 Å². The molecule has 4 heteroatoms. The fourth-order valence-electron chi connectivity index (χ4n) is 1.95. The lowest BCUT2D eigenvalue weighted by molar-refractivity contribution is -0.170. The largest absolute Gasteiger partial charge is 0.414 e. The van der Waals surface area contributed by atoms with Gasteiger partial charge in [-0.25, -0.2) is 0 Å². The van der Waals surface area contributed by atoms with Gasteiger partial charge in [0.05, 0.1) is 6.61 Å². The summed E-state index contributed by atoms with van der Waals surface area (Å²) in [5, 5.41) is 0. The molecule has 0 aliphatic carbocycles. The van der Waals surface area contributed by atoms with E-state index in [0.717, 1.165) is 11.1 Å². The summed E-state index contributed by atoms with van der Waals surface area (Å²) in [5.41, 5.74) is 1.73. The molecule has 0 N–H and O–H groups in total. The molecule has 0 bridgehead atoms. The van der Waals surface area contributed by atoms with Crippen molar-refractivity contribution in [2.75, 3.05) is 13.2 Å². The molecule has 0 atom stereocenters. The van der Waals surface area contributed by atoms with Gasteiger partial charge in [-0.3, -0.25) is 0 Å². The Morgan fingerprint density at radius 3 is 2.42 bits per heavy atom. The van der Waals surface area contributed by atoms with E-state index in [2.05, 4.69) is 12.6 Å². The molecular weight excluding hydrogens is 256 g/mol. The van der Waals surface area contributed by atoms with E-state index >= 15 is 0 Å². The van der Waals surface area contributed by atoms with Gasteiger partial charge in [0.2, 0.25) is 9.76 Å². The number of rotatable bonds is 9. The van der Waals surface area contributed by atoms with Crippen LogP contribution in [0.4, 0.5) is 0 Å². The Morgan fingerprint density at radius 1 is 1.21 bits per heavy atom. The highest BCUT2D eigenvalue weighted by Gasteiger charge is 2.26. The van der Waals surface area contributed by atoms with Crippen LogP contribution in [0.5, 0.6) is 0 Å². The van der Waals surface area contributed by atoms with E-state index in [4.69, 9.17) is 13.9 Å². The van der Waals surface area contributed by atoms with Crippen LogP contribution in [0, 0.1) is 0 Å². The fourth-order valence-corrected chi connectivity index (χ4v) is 3.21. The zero-order valence-electron chi connectivity index (χ0n) is 12.1. The zero-order chi connectivity index (χ0) is 14.1. The summed E-state index contributed by atoms with van der Waals surface area (Å²) in [6, 6.07) is 8.11. The Bertz CT molecular complexity index is 387. The van der Waals surface area contributed by atoms with Crippen LogP contribution >= 0.6 is 0 Å². The minimum Gasteiger partial charge on any atom is -0.414 e. The summed E-state index contributed by atoms with van der Waals surface area (Å²) < 4.78 is 17.2. The number of hydrogen-bond acceptors (Lipinski definition) is 3. The second-order valence-corrected chi connectivity index (χ2v) is 6.38. The third-order valence-electron chi connectivity index (χ3n) is 2.80. The molecular formula is C15H24O3Si. The van der Waals surface area contributed by atoms with Gasteiger partial charge < -0.3 is 13.9 Å². The summed E-state index contributed by atoms with van der Waals surface area (Å²) in [6.07, 6.45) is 1.85. The van der Waals surface area contributed by atoms with E-state index in [0.29, 0.717) is 19.8 Å². The summed E-state index contributed by atoms with van der Waals surface area (Å²) >= 11 is 0. The second kappa shape index (κ2) is 8.27. The van der Waals surface area contributed by atoms with Gasteiger partial charge in [0, 0.05) is 13.2 Å².